The molecule has 0 aliphatic carbocycles. The van der Waals surface area contributed by atoms with Gasteiger partial charge in [-0.05, 0) is 92.3 Å². The first-order valence-corrected chi connectivity index (χ1v) is 13.8. The second-order valence-corrected chi connectivity index (χ2v) is 10.7. The first kappa shape index (κ1) is 25.7. The fourth-order valence-corrected chi connectivity index (χ4v) is 6.24. The molecule has 7 nitrogen and oxygen atoms in total. The maximum Gasteiger partial charge on any atom is 0.174 e. The molecule has 0 bridgehead atoms. The third-order valence-electron chi connectivity index (χ3n) is 7.57. The van der Waals surface area contributed by atoms with E-state index in [1.165, 1.54) is 5.69 Å². The minimum Gasteiger partial charge on any atom is -0.506 e. The van der Waals surface area contributed by atoms with Gasteiger partial charge in [-0.15, -0.1) is 0 Å². The number of halogens is 1. The van der Waals surface area contributed by atoms with Crippen molar-refractivity contribution >= 4 is 40.3 Å². The number of nitrogens with one attached hydrogen (secondary N) is 1. The number of phenolic OH excluding ortho intramolecular Hbond substituents is 1. The number of anilines is 2. The van der Waals surface area contributed by atoms with Crippen molar-refractivity contribution in [1.82, 2.24) is 14.9 Å². The lowest BCUT2D eigenvalue weighted by Gasteiger charge is -2.29. The van der Waals surface area contributed by atoms with E-state index < -0.39 is 0 Å². The van der Waals surface area contributed by atoms with E-state index in [2.05, 4.69) is 63.9 Å². The molecule has 4 aromatic rings. The van der Waals surface area contributed by atoms with Crippen molar-refractivity contribution in [2.75, 3.05) is 36.1 Å². The van der Waals surface area contributed by atoms with Crippen LogP contribution in [0.15, 0.2) is 72.9 Å². The molecular formula is C30H30ClN5O2S. The Labute approximate surface area is 238 Å². The van der Waals surface area contributed by atoms with Gasteiger partial charge in [0.25, 0.3) is 0 Å². The molecule has 2 N–H and O–H groups in total. The molecule has 39 heavy (non-hydrogen) atoms. The molecule has 2 aliphatic heterocycles. The Balaban J connectivity index is 1.44. The third-order valence-corrected chi connectivity index (χ3v) is 8.12. The lowest BCUT2D eigenvalue weighted by atomic mass is 9.96. The summed E-state index contributed by atoms with van der Waals surface area (Å²) < 4.78 is 7.78. The SMILES string of the molecule is Cc1cc([C@H]2[C@H](c3ccccn3)NC(=S)N2c2cc(Cl)ccc2O)c(C)n1-c1ccc(N2CCOCC2)cc1. The van der Waals surface area contributed by atoms with E-state index >= 15 is 0 Å². The minimum absolute atomic E-state index is 0.114. The fourth-order valence-electron chi connectivity index (χ4n) is 5.74. The van der Waals surface area contributed by atoms with Crippen LogP contribution in [0.2, 0.25) is 5.02 Å². The van der Waals surface area contributed by atoms with Crippen LogP contribution in [0.25, 0.3) is 5.69 Å². The molecule has 0 radical (unpaired) electrons. The molecule has 2 aromatic heterocycles. The van der Waals surface area contributed by atoms with Gasteiger partial charge in [0.05, 0.1) is 36.7 Å². The van der Waals surface area contributed by atoms with Crippen molar-refractivity contribution in [3.8, 4) is 11.4 Å². The van der Waals surface area contributed by atoms with E-state index in [1.54, 1.807) is 24.4 Å². The second-order valence-electron chi connectivity index (χ2n) is 9.91. The van der Waals surface area contributed by atoms with Crippen molar-refractivity contribution in [2.45, 2.75) is 25.9 Å². The third kappa shape index (κ3) is 4.73. The molecule has 2 fully saturated rings. The molecule has 0 amide bonds. The summed E-state index contributed by atoms with van der Waals surface area (Å²) in [5.74, 6) is 0.114. The number of pyridine rings is 1. The number of benzene rings is 2. The highest BCUT2D eigenvalue weighted by Gasteiger charge is 2.43. The van der Waals surface area contributed by atoms with Gasteiger partial charge in [-0.25, -0.2) is 0 Å². The van der Waals surface area contributed by atoms with Gasteiger partial charge in [0.15, 0.2) is 5.11 Å². The number of aromatic nitrogens is 2. The van der Waals surface area contributed by atoms with Crippen molar-refractivity contribution in [3.63, 3.8) is 0 Å². The number of aryl methyl sites for hydroxylation is 1. The second kappa shape index (κ2) is 10.5. The van der Waals surface area contributed by atoms with Crippen LogP contribution in [0, 0.1) is 13.8 Å². The van der Waals surface area contributed by atoms with E-state index in [9.17, 15) is 5.11 Å². The smallest absolute Gasteiger partial charge is 0.174 e. The van der Waals surface area contributed by atoms with Crippen LogP contribution in [-0.2, 0) is 4.74 Å². The summed E-state index contributed by atoms with van der Waals surface area (Å²) in [6.45, 7) is 7.57. The number of morpholine rings is 1. The number of phenols is 1. The summed E-state index contributed by atoms with van der Waals surface area (Å²) in [4.78, 5) is 8.97. The van der Waals surface area contributed by atoms with Crippen LogP contribution in [0.5, 0.6) is 5.75 Å². The quantitative estimate of drug-likeness (QED) is 0.297. The van der Waals surface area contributed by atoms with E-state index in [0.29, 0.717) is 15.8 Å². The number of hydrogen-bond donors (Lipinski definition) is 2. The van der Waals surface area contributed by atoms with Crippen molar-refractivity contribution in [3.05, 3.63) is 101 Å². The summed E-state index contributed by atoms with van der Waals surface area (Å²) in [6.07, 6.45) is 1.79. The summed E-state index contributed by atoms with van der Waals surface area (Å²) in [5.41, 5.74) is 7.01. The summed E-state index contributed by atoms with van der Waals surface area (Å²) in [7, 11) is 0. The lowest BCUT2D eigenvalue weighted by molar-refractivity contribution is 0.122. The molecule has 0 saturated carbocycles. The van der Waals surface area contributed by atoms with Gasteiger partial charge >= 0.3 is 0 Å². The van der Waals surface area contributed by atoms with Gasteiger partial charge in [0.2, 0.25) is 0 Å². The normalized spacial score (nSPS) is 19.4. The van der Waals surface area contributed by atoms with Gasteiger partial charge in [0, 0.05) is 47.1 Å². The zero-order valence-electron chi connectivity index (χ0n) is 21.8. The van der Waals surface area contributed by atoms with Gasteiger partial charge in [0.1, 0.15) is 5.75 Å². The number of thiocarbonyl (C=S) groups is 1. The standard InChI is InChI=1S/C30H30ClN5O2S/c1-19-17-24(20(2)35(19)23-9-7-22(8-10-23)34-13-15-38-16-14-34)29-28(25-5-3-4-12-32-25)33-30(39)36(29)26-18-21(31)6-11-27(26)37/h3-12,17-18,28-29,37H,13-16H2,1-2H3,(H,33,39)/t28-,29-/m0/s1. The molecule has 0 unspecified atom stereocenters. The highest BCUT2D eigenvalue weighted by atomic mass is 35.5. The Morgan fingerprint density at radius 1 is 1.00 bits per heavy atom. The first-order valence-electron chi connectivity index (χ1n) is 13.0. The summed E-state index contributed by atoms with van der Waals surface area (Å²) in [5, 5.41) is 15.4. The van der Waals surface area contributed by atoms with Gasteiger partial charge in [-0.3, -0.25) is 4.98 Å². The molecule has 2 saturated heterocycles. The van der Waals surface area contributed by atoms with Crippen LogP contribution >= 0.6 is 23.8 Å². The Bertz CT molecular complexity index is 1500. The number of ether oxygens (including phenoxy) is 1. The maximum absolute atomic E-state index is 10.9. The predicted octanol–water partition coefficient (Wildman–Crippen LogP) is 5.86. The largest absolute Gasteiger partial charge is 0.506 e. The van der Waals surface area contributed by atoms with Crippen LogP contribution in [0.1, 0.15) is 34.7 Å². The number of rotatable bonds is 5. The van der Waals surface area contributed by atoms with E-state index in [0.717, 1.165) is 54.6 Å². The molecule has 6 rings (SSSR count). The average molecular weight is 560 g/mol. The highest BCUT2D eigenvalue weighted by Crippen LogP contribution is 2.46. The average Bonchev–Trinajstić information content (AvgIpc) is 3.45. The van der Waals surface area contributed by atoms with E-state index in [4.69, 9.17) is 28.6 Å². The lowest BCUT2D eigenvalue weighted by Crippen LogP contribution is -2.36. The van der Waals surface area contributed by atoms with Gasteiger partial charge < -0.3 is 29.5 Å². The molecule has 2 atom stereocenters. The Morgan fingerprint density at radius 2 is 1.74 bits per heavy atom. The van der Waals surface area contributed by atoms with Crippen molar-refractivity contribution < 1.29 is 9.84 Å². The number of hydrogen-bond acceptors (Lipinski definition) is 5. The summed E-state index contributed by atoms with van der Waals surface area (Å²) in [6, 6.07) is 21.3. The van der Waals surface area contributed by atoms with Crippen LogP contribution in [-0.4, -0.2) is 46.1 Å². The van der Waals surface area contributed by atoms with Crippen LogP contribution in [0.4, 0.5) is 11.4 Å². The Kier molecular flexibility index (Phi) is 6.93. The fraction of sp³-hybridized carbons (Fsp3) is 0.267. The highest BCUT2D eigenvalue weighted by molar-refractivity contribution is 7.80. The van der Waals surface area contributed by atoms with Crippen molar-refractivity contribution in [1.29, 1.82) is 0 Å². The van der Waals surface area contributed by atoms with Gasteiger partial charge in [-0.1, -0.05) is 17.7 Å². The minimum atomic E-state index is -0.260. The molecule has 4 heterocycles. The number of nitrogens with zero attached hydrogens (tertiary/aromatic N) is 4. The predicted molar refractivity (Wildman–Crippen MR) is 159 cm³/mol. The Hall–Kier alpha value is -3.59. The molecular weight excluding hydrogens is 530 g/mol. The topological polar surface area (TPSA) is 65.8 Å². The Morgan fingerprint density at radius 3 is 2.46 bits per heavy atom. The van der Waals surface area contributed by atoms with E-state index in [-0.39, 0.29) is 17.8 Å². The summed E-state index contributed by atoms with van der Waals surface area (Å²) >= 11 is 12.2. The zero-order valence-corrected chi connectivity index (χ0v) is 23.4. The van der Waals surface area contributed by atoms with Crippen LogP contribution in [0.3, 0.4) is 0 Å². The van der Waals surface area contributed by atoms with Crippen LogP contribution < -0.4 is 15.1 Å². The monoisotopic (exact) mass is 559 g/mol. The molecule has 9 heteroatoms. The maximum atomic E-state index is 10.9. The van der Waals surface area contributed by atoms with Gasteiger partial charge in [-0.2, -0.15) is 0 Å². The molecule has 0 spiro atoms. The molecule has 200 valence electrons. The molecule has 2 aromatic carbocycles. The first-order chi connectivity index (χ1) is 18.9. The van der Waals surface area contributed by atoms with Crippen molar-refractivity contribution in [2.24, 2.45) is 0 Å². The van der Waals surface area contributed by atoms with E-state index in [1.807, 2.05) is 23.1 Å². The zero-order chi connectivity index (χ0) is 27.1. The number of aromatic hydroxyl groups is 1. The molecule has 2 aliphatic rings.